The SMILES string of the molecule is CC1=C(C#N)S(=O)(=O)c2cc(F)cc(F)c2N1. The first-order valence-electron chi connectivity index (χ1n) is 4.50. The first-order valence-corrected chi connectivity index (χ1v) is 5.98. The third kappa shape index (κ3) is 1.57. The van der Waals surface area contributed by atoms with Crippen LogP contribution < -0.4 is 5.32 Å². The molecule has 1 N–H and O–H groups in total. The lowest BCUT2D eigenvalue weighted by atomic mass is 10.2. The summed E-state index contributed by atoms with van der Waals surface area (Å²) < 4.78 is 50.2. The van der Waals surface area contributed by atoms with E-state index in [0.717, 1.165) is 0 Å². The van der Waals surface area contributed by atoms with Gasteiger partial charge in [0.25, 0.3) is 0 Å². The molecule has 0 saturated heterocycles. The summed E-state index contributed by atoms with van der Waals surface area (Å²) in [5, 5.41) is 11.2. The third-order valence-electron chi connectivity index (χ3n) is 2.33. The Kier molecular flexibility index (Phi) is 2.40. The van der Waals surface area contributed by atoms with Gasteiger partial charge in [-0.1, -0.05) is 0 Å². The van der Waals surface area contributed by atoms with Crippen molar-refractivity contribution in [1.29, 1.82) is 5.26 Å². The molecule has 0 saturated carbocycles. The molecule has 1 aromatic rings. The van der Waals surface area contributed by atoms with Gasteiger partial charge in [0.2, 0.25) is 9.84 Å². The summed E-state index contributed by atoms with van der Waals surface area (Å²) in [6, 6.07) is 2.77. The van der Waals surface area contributed by atoms with Gasteiger partial charge < -0.3 is 5.32 Å². The molecule has 0 aromatic heterocycles. The molecule has 17 heavy (non-hydrogen) atoms. The highest BCUT2D eigenvalue weighted by atomic mass is 32.2. The van der Waals surface area contributed by atoms with Gasteiger partial charge in [-0.25, -0.2) is 17.2 Å². The highest BCUT2D eigenvalue weighted by molar-refractivity contribution is 7.95. The molecule has 0 aliphatic carbocycles. The molecule has 0 bridgehead atoms. The molecule has 0 atom stereocenters. The van der Waals surface area contributed by atoms with Crippen molar-refractivity contribution in [2.75, 3.05) is 5.32 Å². The summed E-state index contributed by atoms with van der Waals surface area (Å²) in [5.74, 6) is -2.02. The van der Waals surface area contributed by atoms with E-state index in [1.807, 2.05) is 0 Å². The molecule has 0 unspecified atom stereocenters. The van der Waals surface area contributed by atoms with E-state index in [1.165, 1.54) is 13.0 Å². The topological polar surface area (TPSA) is 70.0 Å². The molecule has 0 radical (unpaired) electrons. The molecule has 7 heteroatoms. The van der Waals surface area contributed by atoms with Crippen LogP contribution in [0, 0.1) is 23.0 Å². The number of benzene rings is 1. The normalized spacial score (nSPS) is 17.1. The van der Waals surface area contributed by atoms with Gasteiger partial charge in [-0.15, -0.1) is 0 Å². The quantitative estimate of drug-likeness (QED) is 0.769. The smallest absolute Gasteiger partial charge is 0.220 e. The average molecular weight is 256 g/mol. The van der Waals surface area contributed by atoms with Crippen molar-refractivity contribution in [2.24, 2.45) is 0 Å². The zero-order valence-corrected chi connectivity index (χ0v) is 9.40. The second kappa shape index (κ2) is 3.53. The van der Waals surface area contributed by atoms with Crippen LogP contribution in [0.1, 0.15) is 6.92 Å². The van der Waals surface area contributed by atoms with Crippen LogP contribution in [0.25, 0.3) is 0 Å². The minimum atomic E-state index is -4.15. The Morgan fingerprint density at radius 1 is 1.35 bits per heavy atom. The average Bonchev–Trinajstić information content (AvgIpc) is 2.20. The molecule has 1 aliphatic rings. The molecular formula is C10H6F2N2O2S. The number of sulfone groups is 1. The van der Waals surface area contributed by atoms with Gasteiger partial charge in [0, 0.05) is 11.8 Å². The largest absolute Gasteiger partial charge is 0.354 e. The van der Waals surface area contributed by atoms with Crippen LogP contribution in [-0.4, -0.2) is 8.42 Å². The molecule has 1 aromatic carbocycles. The van der Waals surface area contributed by atoms with Crippen molar-refractivity contribution in [2.45, 2.75) is 11.8 Å². The highest BCUT2D eigenvalue weighted by Crippen LogP contribution is 2.36. The van der Waals surface area contributed by atoms with Crippen molar-refractivity contribution in [1.82, 2.24) is 0 Å². The Morgan fingerprint density at radius 3 is 2.59 bits per heavy atom. The second-order valence-electron chi connectivity index (χ2n) is 3.46. The Balaban J connectivity index is 2.86. The standard InChI is InChI=1S/C10H6F2N2O2S/c1-5-9(4-13)17(15,16)8-3-6(11)2-7(12)10(8)14-5/h2-3,14H,1H3. The van der Waals surface area contributed by atoms with Crippen molar-refractivity contribution in [3.63, 3.8) is 0 Å². The van der Waals surface area contributed by atoms with Gasteiger partial charge in [-0.2, -0.15) is 5.26 Å². The van der Waals surface area contributed by atoms with E-state index < -0.39 is 31.3 Å². The minimum Gasteiger partial charge on any atom is -0.354 e. The number of hydrogen-bond acceptors (Lipinski definition) is 4. The number of allylic oxidation sites excluding steroid dienone is 2. The van der Waals surface area contributed by atoms with Gasteiger partial charge in [0.15, 0.2) is 10.7 Å². The van der Waals surface area contributed by atoms with Crippen LogP contribution >= 0.6 is 0 Å². The molecule has 1 aliphatic heterocycles. The highest BCUT2D eigenvalue weighted by Gasteiger charge is 2.33. The fourth-order valence-corrected chi connectivity index (χ4v) is 3.06. The Bertz CT molecular complexity index is 687. The van der Waals surface area contributed by atoms with E-state index in [-0.39, 0.29) is 11.4 Å². The lowest BCUT2D eigenvalue weighted by Gasteiger charge is -2.19. The number of halogens is 2. The molecule has 88 valence electrons. The molecule has 0 fully saturated rings. The Hall–Kier alpha value is -1.94. The zero-order valence-electron chi connectivity index (χ0n) is 8.58. The van der Waals surface area contributed by atoms with Crippen molar-refractivity contribution >= 4 is 15.5 Å². The van der Waals surface area contributed by atoms with E-state index in [2.05, 4.69) is 5.32 Å². The van der Waals surface area contributed by atoms with Crippen LogP contribution in [0.5, 0.6) is 0 Å². The fraction of sp³-hybridized carbons (Fsp3) is 0.100. The third-order valence-corrected chi connectivity index (χ3v) is 4.17. The van der Waals surface area contributed by atoms with Gasteiger partial charge in [-0.05, 0) is 13.0 Å². The molecule has 0 spiro atoms. The number of nitriles is 1. The number of hydrogen-bond donors (Lipinski definition) is 1. The second-order valence-corrected chi connectivity index (χ2v) is 5.31. The van der Waals surface area contributed by atoms with Crippen LogP contribution in [0.15, 0.2) is 27.6 Å². The first-order chi connectivity index (χ1) is 7.87. The van der Waals surface area contributed by atoms with Gasteiger partial charge in [0.1, 0.15) is 16.8 Å². The van der Waals surface area contributed by atoms with Gasteiger partial charge in [-0.3, -0.25) is 0 Å². The van der Waals surface area contributed by atoms with E-state index in [1.54, 1.807) is 0 Å². The van der Waals surface area contributed by atoms with Crippen LogP contribution in [0.4, 0.5) is 14.5 Å². The number of fused-ring (bicyclic) bond motifs is 1. The van der Waals surface area contributed by atoms with Gasteiger partial charge >= 0.3 is 0 Å². The minimum absolute atomic E-state index is 0.0190. The van der Waals surface area contributed by atoms with E-state index in [4.69, 9.17) is 5.26 Å². The predicted octanol–water partition coefficient (Wildman–Crippen LogP) is 1.92. The van der Waals surface area contributed by atoms with E-state index in [0.29, 0.717) is 12.1 Å². The number of rotatable bonds is 0. The lowest BCUT2D eigenvalue weighted by molar-refractivity contribution is 0.570. The Labute approximate surface area is 96.1 Å². The van der Waals surface area contributed by atoms with Crippen LogP contribution in [0.3, 0.4) is 0 Å². The molecule has 2 rings (SSSR count). The van der Waals surface area contributed by atoms with E-state index in [9.17, 15) is 17.2 Å². The summed E-state index contributed by atoms with van der Waals surface area (Å²) >= 11 is 0. The van der Waals surface area contributed by atoms with Crippen LogP contribution in [-0.2, 0) is 9.84 Å². The summed E-state index contributed by atoms with van der Waals surface area (Å²) in [6.45, 7) is 1.34. The summed E-state index contributed by atoms with van der Waals surface area (Å²) in [5.41, 5.74) is -0.312. The summed E-state index contributed by atoms with van der Waals surface area (Å²) in [4.78, 5) is -1.09. The molecule has 0 amide bonds. The molecule has 4 nitrogen and oxygen atoms in total. The van der Waals surface area contributed by atoms with Crippen molar-refractivity contribution in [3.8, 4) is 6.07 Å². The van der Waals surface area contributed by atoms with Gasteiger partial charge in [0.05, 0.1) is 5.69 Å². The summed E-state index contributed by atoms with van der Waals surface area (Å²) in [6.07, 6.45) is 0. The first kappa shape index (κ1) is 11.5. The maximum Gasteiger partial charge on any atom is 0.220 e. The van der Waals surface area contributed by atoms with Crippen LogP contribution in [0.2, 0.25) is 0 Å². The Morgan fingerprint density at radius 2 is 2.00 bits per heavy atom. The zero-order chi connectivity index (χ0) is 12.8. The molecule has 1 heterocycles. The maximum absolute atomic E-state index is 13.4. The predicted molar refractivity (Wildman–Crippen MR) is 55.5 cm³/mol. The molecular weight excluding hydrogens is 250 g/mol. The maximum atomic E-state index is 13.4. The number of anilines is 1. The number of nitrogens with one attached hydrogen (secondary N) is 1. The van der Waals surface area contributed by atoms with Crippen molar-refractivity contribution in [3.05, 3.63) is 34.4 Å². The van der Waals surface area contributed by atoms with E-state index >= 15 is 0 Å². The summed E-state index contributed by atoms with van der Waals surface area (Å²) in [7, 11) is -4.15. The monoisotopic (exact) mass is 256 g/mol. The fourth-order valence-electron chi connectivity index (χ4n) is 1.58. The number of nitrogens with zero attached hydrogens (tertiary/aromatic N) is 1. The van der Waals surface area contributed by atoms with Crippen molar-refractivity contribution < 1.29 is 17.2 Å². The lowest BCUT2D eigenvalue weighted by Crippen LogP contribution is -2.18.